The number of carbonyl (C=O) groups is 2. The maximum Gasteiger partial charge on any atom is 0.244 e. The van der Waals surface area contributed by atoms with Crippen molar-refractivity contribution in [1.29, 1.82) is 0 Å². The molecule has 3 aromatic rings. The SMILES string of the molecule is COc1cccc(N(CC(=O)N(Cc2ccccc2F)C(Cc2ccccc2)C(=O)NC2CCCCC2)S(C)(=O)=O)c1. The van der Waals surface area contributed by atoms with Gasteiger partial charge in [0.15, 0.2) is 0 Å². The van der Waals surface area contributed by atoms with Crippen molar-refractivity contribution in [2.24, 2.45) is 0 Å². The Labute approximate surface area is 247 Å². The molecule has 3 aromatic carbocycles. The Kier molecular flexibility index (Phi) is 10.6. The molecule has 0 radical (unpaired) electrons. The Balaban J connectivity index is 1.73. The molecule has 1 aliphatic rings. The van der Waals surface area contributed by atoms with E-state index in [0.29, 0.717) is 5.75 Å². The Bertz CT molecular complexity index is 1460. The molecule has 0 heterocycles. The van der Waals surface area contributed by atoms with Crippen molar-refractivity contribution < 1.29 is 27.1 Å². The van der Waals surface area contributed by atoms with Crippen molar-refractivity contribution in [2.75, 3.05) is 24.2 Å². The second-order valence-electron chi connectivity index (χ2n) is 10.6. The second-order valence-corrected chi connectivity index (χ2v) is 12.5. The molecule has 0 spiro atoms. The summed E-state index contributed by atoms with van der Waals surface area (Å²) in [4.78, 5) is 29.4. The number of carbonyl (C=O) groups excluding carboxylic acids is 2. The number of sulfonamides is 1. The molecule has 0 aromatic heterocycles. The first-order chi connectivity index (χ1) is 20.2. The Hall–Kier alpha value is -3.92. The highest BCUT2D eigenvalue weighted by Gasteiger charge is 2.34. The summed E-state index contributed by atoms with van der Waals surface area (Å²) in [5.41, 5.74) is 1.28. The molecular formula is C32H38FN3O5S. The predicted octanol–water partition coefficient (Wildman–Crippen LogP) is 4.69. The van der Waals surface area contributed by atoms with Crippen LogP contribution in [0, 0.1) is 5.82 Å². The van der Waals surface area contributed by atoms with Crippen LogP contribution >= 0.6 is 0 Å². The van der Waals surface area contributed by atoms with Crippen molar-refractivity contribution >= 4 is 27.5 Å². The van der Waals surface area contributed by atoms with Gasteiger partial charge >= 0.3 is 0 Å². The van der Waals surface area contributed by atoms with Crippen molar-refractivity contribution in [2.45, 2.75) is 57.2 Å². The molecule has 0 bridgehead atoms. The van der Waals surface area contributed by atoms with Crippen LogP contribution in [0.2, 0.25) is 0 Å². The van der Waals surface area contributed by atoms with Gasteiger partial charge in [-0.25, -0.2) is 12.8 Å². The molecule has 0 aliphatic heterocycles. The van der Waals surface area contributed by atoms with Crippen molar-refractivity contribution in [1.82, 2.24) is 10.2 Å². The number of anilines is 1. The predicted molar refractivity (Wildman–Crippen MR) is 161 cm³/mol. The number of hydrogen-bond acceptors (Lipinski definition) is 5. The molecule has 2 amide bonds. The van der Waals surface area contributed by atoms with Gasteiger partial charge in [-0.2, -0.15) is 0 Å². The molecule has 1 atom stereocenters. The molecule has 4 rings (SSSR count). The van der Waals surface area contributed by atoms with Crippen LogP contribution in [0.5, 0.6) is 5.75 Å². The zero-order chi connectivity index (χ0) is 30.1. The van der Waals surface area contributed by atoms with E-state index in [1.807, 2.05) is 30.3 Å². The summed E-state index contributed by atoms with van der Waals surface area (Å²) < 4.78 is 47.0. The number of hydrogen-bond donors (Lipinski definition) is 1. The standard InChI is InChI=1S/C32H38FN3O5S/c1-41-28-18-11-17-27(21-28)36(42(2,39)40)23-31(37)35(22-25-14-9-10-19-29(25)33)30(20-24-12-5-3-6-13-24)32(38)34-26-15-7-4-8-16-26/h3,5-6,9-14,17-19,21,26,30H,4,7-8,15-16,20,22-23H2,1-2H3,(H,34,38). The number of nitrogens with one attached hydrogen (secondary N) is 1. The summed E-state index contributed by atoms with van der Waals surface area (Å²) in [6.07, 6.45) is 6.02. The van der Waals surface area contributed by atoms with Crippen LogP contribution in [0.15, 0.2) is 78.9 Å². The lowest BCUT2D eigenvalue weighted by Gasteiger charge is -2.35. The fourth-order valence-corrected chi connectivity index (χ4v) is 6.13. The maximum atomic E-state index is 14.9. The monoisotopic (exact) mass is 595 g/mol. The molecule has 1 saturated carbocycles. The highest BCUT2D eigenvalue weighted by Crippen LogP contribution is 2.25. The number of amides is 2. The zero-order valence-electron chi connectivity index (χ0n) is 24.0. The first-order valence-electron chi connectivity index (χ1n) is 14.1. The summed E-state index contributed by atoms with van der Waals surface area (Å²) in [6.45, 7) is -0.792. The topological polar surface area (TPSA) is 96.0 Å². The van der Waals surface area contributed by atoms with Crippen LogP contribution in [-0.4, -0.2) is 57.1 Å². The normalized spacial score (nSPS) is 14.5. The molecule has 42 heavy (non-hydrogen) atoms. The maximum absolute atomic E-state index is 14.9. The van der Waals surface area contributed by atoms with Crippen LogP contribution in [0.25, 0.3) is 0 Å². The zero-order valence-corrected chi connectivity index (χ0v) is 24.9. The summed E-state index contributed by atoms with van der Waals surface area (Å²) in [5, 5.41) is 3.13. The Morgan fingerprint density at radius 3 is 2.33 bits per heavy atom. The van der Waals surface area contributed by atoms with Crippen molar-refractivity contribution in [3.8, 4) is 5.75 Å². The van der Waals surface area contributed by atoms with Crippen LogP contribution < -0.4 is 14.4 Å². The van der Waals surface area contributed by atoms with E-state index in [0.717, 1.165) is 48.2 Å². The van der Waals surface area contributed by atoms with E-state index in [1.165, 1.54) is 24.1 Å². The minimum atomic E-state index is -3.92. The molecular weight excluding hydrogens is 557 g/mol. The highest BCUT2D eigenvalue weighted by atomic mass is 32.2. The lowest BCUT2D eigenvalue weighted by atomic mass is 9.94. The third-order valence-corrected chi connectivity index (χ3v) is 8.68. The molecule has 1 fully saturated rings. The average molecular weight is 596 g/mol. The third-order valence-electron chi connectivity index (χ3n) is 7.54. The number of methoxy groups -OCH3 is 1. The van der Waals surface area contributed by atoms with Gasteiger partial charge in [-0.05, 0) is 36.6 Å². The first kappa shape index (κ1) is 31.0. The van der Waals surface area contributed by atoms with Crippen molar-refractivity contribution in [3.05, 3.63) is 95.8 Å². The van der Waals surface area contributed by atoms with E-state index in [-0.39, 0.29) is 36.2 Å². The van der Waals surface area contributed by atoms with E-state index in [4.69, 9.17) is 4.74 Å². The number of rotatable bonds is 12. The fraction of sp³-hybridized carbons (Fsp3) is 0.375. The van der Waals surface area contributed by atoms with Gasteiger partial charge in [-0.3, -0.25) is 13.9 Å². The van der Waals surface area contributed by atoms with Crippen LogP contribution in [-0.2, 0) is 32.6 Å². The van der Waals surface area contributed by atoms with Gasteiger partial charge in [0.25, 0.3) is 0 Å². The number of benzene rings is 3. The molecule has 10 heteroatoms. The minimum Gasteiger partial charge on any atom is -0.497 e. The third kappa shape index (κ3) is 8.31. The van der Waals surface area contributed by atoms with E-state index in [2.05, 4.69) is 5.32 Å². The van der Waals surface area contributed by atoms with E-state index in [9.17, 15) is 22.4 Å². The second kappa shape index (κ2) is 14.3. The lowest BCUT2D eigenvalue weighted by Crippen LogP contribution is -2.55. The Morgan fingerprint density at radius 2 is 1.67 bits per heavy atom. The molecule has 8 nitrogen and oxygen atoms in total. The van der Waals surface area contributed by atoms with Gasteiger partial charge in [0, 0.05) is 30.6 Å². The quantitative estimate of drug-likeness (QED) is 0.328. The summed E-state index contributed by atoms with van der Waals surface area (Å²) in [7, 11) is -2.46. The largest absolute Gasteiger partial charge is 0.497 e. The molecule has 1 N–H and O–H groups in total. The van der Waals surface area contributed by atoms with Gasteiger partial charge in [-0.15, -0.1) is 0 Å². The van der Waals surface area contributed by atoms with Gasteiger partial charge in [-0.1, -0.05) is 73.9 Å². The fourth-order valence-electron chi connectivity index (χ4n) is 5.29. The van der Waals surface area contributed by atoms with E-state index < -0.39 is 34.3 Å². The van der Waals surface area contributed by atoms with Gasteiger partial charge in [0.05, 0.1) is 19.1 Å². The highest BCUT2D eigenvalue weighted by molar-refractivity contribution is 7.92. The lowest BCUT2D eigenvalue weighted by molar-refractivity contribution is -0.140. The minimum absolute atomic E-state index is 0.0146. The van der Waals surface area contributed by atoms with Gasteiger partial charge in [0.1, 0.15) is 24.2 Å². The smallest absolute Gasteiger partial charge is 0.244 e. The number of ether oxygens (including phenoxy) is 1. The number of nitrogens with zero attached hydrogens (tertiary/aromatic N) is 2. The summed E-state index contributed by atoms with van der Waals surface area (Å²) >= 11 is 0. The summed E-state index contributed by atoms with van der Waals surface area (Å²) in [5.74, 6) is -1.08. The first-order valence-corrected chi connectivity index (χ1v) is 16.0. The van der Waals surface area contributed by atoms with Gasteiger partial charge in [0.2, 0.25) is 21.8 Å². The molecule has 1 unspecified atom stereocenters. The molecule has 0 saturated heterocycles. The van der Waals surface area contributed by atoms with Crippen LogP contribution in [0.1, 0.15) is 43.2 Å². The van der Waals surface area contributed by atoms with Gasteiger partial charge < -0.3 is 15.0 Å². The van der Waals surface area contributed by atoms with Crippen molar-refractivity contribution in [3.63, 3.8) is 0 Å². The molecule has 1 aliphatic carbocycles. The van der Waals surface area contributed by atoms with E-state index in [1.54, 1.807) is 36.4 Å². The van der Waals surface area contributed by atoms with E-state index >= 15 is 0 Å². The van der Waals surface area contributed by atoms with Crippen LogP contribution in [0.4, 0.5) is 10.1 Å². The number of halogens is 1. The molecule has 224 valence electrons. The summed E-state index contributed by atoms with van der Waals surface area (Å²) in [6, 6.07) is 20.7. The Morgan fingerprint density at radius 1 is 0.976 bits per heavy atom. The average Bonchev–Trinajstić information content (AvgIpc) is 2.99. The van der Waals surface area contributed by atoms with Crippen LogP contribution in [0.3, 0.4) is 0 Å².